The molecule has 1 fully saturated rings. The van der Waals surface area contributed by atoms with Crippen molar-refractivity contribution >= 4 is 27.5 Å². The van der Waals surface area contributed by atoms with E-state index >= 15 is 0 Å². The first-order valence-electron chi connectivity index (χ1n) is 15.1. The number of aryl methyl sites for hydroxylation is 1. The SMILES string of the molecule is CCC(C(=O)NC1CCCCC1)N(CCc1ccccc1)C(=O)CN(c1ccc(OC)cc1)S(=O)(=O)c1ccc(C)cc1. The van der Waals surface area contributed by atoms with Crippen molar-refractivity contribution in [1.82, 2.24) is 10.2 Å². The van der Waals surface area contributed by atoms with E-state index in [4.69, 9.17) is 4.74 Å². The third-order valence-electron chi connectivity index (χ3n) is 8.07. The van der Waals surface area contributed by atoms with E-state index in [9.17, 15) is 18.0 Å². The number of nitrogens with zero attached hydrogens (tertiary/aromatic N) is 2. The molecule has 3 aromatic rings. The van der Waals surface area contributed by atoms with Crippen molar-refractivity contribution in [2.45, 2.75) is 75.8 Å². The van der Waals surface area contributed by atoms with Gasteiger partial charge in [-0.05, 0) is 74.6 Å². The zero-order chi connectivity index (χ0) is 30.8. The monoisotopic (exact) mass is 605 g/mol. The van der Waals surface area contributed by atoms with Crippen molar-refractivity contribution in [2.75, 3.05) is 24.5 Å². The number of sulfonamides is 1. The zero-order valence-electron chi connectivity index (χ0n) is 25.4. The van der Waals surface area contributed by atoms with E-state index in [1.807, 2.05) is 44.2 Å². The number of methoxy groups -OCH3 is 1. The van der Waals surface area contributed by atoms with Gasteiger partial charge in [-0.2, -0.15) is 0 Å². The molecule has 1 aliphatic rings. The van der Waals surface area contributed by atoms with Crippen molar-refractivity contribution < 1.29 is 22.7 Å². The van der Waals surface area contributed by atoms with E-state index in [0.29, 0.717) is 24.3 Å². The molecule has 1 N–H and O–H groups in total. The van der Waals surface area contributed by atoms with Crippen LogP contribution in [-0.4, -0.2) is 57.4 Å². The lowest BCUT2D eigenvalue weighted by Crippen LogP contribution is -2.54. The molecule has 43 heavy (non-hydrogen) atoms. The van der Waals surface area contributed by atoms with Gasteiger partial charge in [0.25, 0.3) is 10.0 Å². The third-order valence-corrected chi connectivity index (χ3v) is 9.86. The Morgan fingerprint density at radius 2 is 1.58 bits per heavy atom. The summed E-state index contributed by atoms with van der Waals surface area (Å²) in [6.07, 6.45) is 6.12. The molecule has 0 aromatic heterocycles. The Balaban J connectivity index is 1.67. The van der Waals surface area contributed by atoms with E-state index in [1.165, 1.54) is 13.5 Å². The molecule has 230 valence electrons. The van der Waals surface area contributed by atoms with Crippen LogP contribution < -0.4 is 14.4 Å². The Morgan fingerprint density at radius 1 is 0.930 bits per heavy atom. The van der Waals surface area contributed by atoms with Gasteiger partial charge in [0.2, 0.25) is 11.8 Å². The third kappa shape index (κ3) is 8.38. The fourth-order valence-electron chi connectivity index (χ4n) is 5.55. The zero-order valence-corrected chi connectivity index (χ0v) is 26.2. The van der Waals surface area contributed by atoms with Gasteiger partial charge in [0.05, 0.1) is 17.7 Å². The molecule has 0 radical (unpaired) electrons. The van der Waals surface area contributed by atoms with Crippen molar-refractivity contribution in [3.05, 3.63) is 90.0 Å². The van der Waals surface area contributed by atoms with Crippen LogP contribution in [0.4, 0.5) is 5.69 Å². The Morgan fingerprint density at radius 3 is 2.19 bits per heavy atom. The maximum Gasteiger partial charge on any atom is 0.264 e. The second-order valence-electron chi connectivity index (χ2n) is 11.1. The van der Waals surface area contributed by atoms with Crippen LogP contribution in [0.1, 0.15) is 56.6 Å². The van der Waals surface area contributed by atoms with Gasteiger partial charge < -0.3 is 15.0 Å². The lowest BCUT2D eigenvalue weighted by Gasteiger charge is -2.34. The number of hydrogen-bond donors (Lipinski definition) is 1. The first kappa shape index (κ1) is 32.1. The van der Waals surface area contributed by atoms with Crippen LogP contribution in [0, 0.1) is 6.92 Å². The summed E-state index contributed by atoms with van der Waals surface area (Å²) in [6, 6.07) is 22.3. The Bertz CT molecular complexity index is 1440. The summed E-state index contributed by atoms with van der Waals surface area (Å²) in [7, 11) is -2.58. The molecule has 9 heteroatoms. The number of anilines is 1. The van der Waals surface area contributed by atoms with Gasteiger partial charge in [0, 0.05) is 12.6 Å². The minimum atomic E-state index is -4.12. The average molecular weight is 606 g/mol. The molecule has 4 rings (SSSR count). The van der Waals surface area contributed by atoms with Gasteiger partial charge in [0.15, 0.2) is 0 Å². The predicted molar refractivity (Wildman–Crippen MR) is 170 cm³/mol. The molecule has 2 amide bonds. The standard InChI is InChI=1S/C34H43N3O5S/c1-4-32(34(39)35-28-13-9-6-10-14-28)36(24-23-27-11-7-5-8-12-27)33(38)25-37(29-17-19-30(42-3)20-18-29)43(40,41)31-21-15-26(2)16-22-31/h5,7-8,11-12,15-22,28,32H,4,6,9-10,13-14,23-25H2,1-3H3,(H,35,39). The van der Waals surface area contributed by atoms with Gasteiger partial charge in [-0.1, -0.05) is 74.2 Å². The van der Waals surface area contributed by atoms with Gasteiger partial charge in [-0.25, -0.2) is 8.42 Å². The number of rotatable bonds is 13. The fraction of sp³-hybridized carbons (Fsp3) is 0.412. The smallest absolute Gasteiger partial charge is 0.264 e. The molecule has 0 heterocycles. The molecule has 0 aliphatic heterocycles. The highest BCUT2D eigenvalue weighted by atomic mass is 32.2. The molecule has 1 saturated carbocycles. The summed E-state index contributed by atoms with van der Waals surface area (Å²) in [4.78, 5) is 29.5. The largest absolute Gasteiger partial charge is 0.497 e. The van der Waals surface area contributed by atoms with Gasteiger partial charge in [-0.3, -0.25) is 13.9 Å². The lowest BCUT2D eigenvalue weighted by molar-refractivity contribution is -0.140. The average Bonchev–Trinajstić information content (AvgIpc) is 3.03. The van der Waals surface area contributed by atoms with Crippen molar-refractivity contribution in [1.29, 1.82) is 0 Å². The second-order valence-corrected chi connectivity index (χ2v) is 13.0. The first-order chi connectivity index (χ1) is 20.7. The molecule has 1 atom stereocenters. The van der Waals surface area contributed by atoms with Crippen LogP contribution in [-0.2, 0) is 26.0 Å². The minimum absolute atomic E-state index is 0.0830. The van der Waals surface area contributed by atoms with Crippen LogP contribution in [0.25, 0.3) is 0 Å². The molecule has 3 aromatic carbocycles. The van der Waals surface area contributed by atoms with Crippen molar-refractivity contribution in [3.63, 3.8) is 0 Å². The quantitative estimate of drug-likeness (QED) is 0.278. The molecular weight excluding hydrogens is 562 g/mol. The Labute approximate surface area is 256 Å². The Kier molecular flexibility index (Phi) is 11.2. The van der Waals surface area contributed by atoms with Crippen LogP contribution in [0.3, 0.4) is 0 Å². The minimum Gasteiger partial charge on any atom is -0.497 e. The normalized spacial score (nSPS) is 14.5. The topological polar surface area (TPSA) is 96.0 Å². The molecule has 0 spiro atoms. The van der Waals surface area contributed by atoms with Gasteiger partial charge in [-0.15, -0.1) is 0 Å². The van der Waals surface area contributed by atoms with E-state index in [-0.39, 0.29) is 23.4 Å². The van der Waals surface area contributed by atoms with E-state index < -0.39 is 28.5 Å². The maximum atomic E-state index is 14.2. The van der Waals surface area contributed by atoms with E-state index in [1.54, 1.807) is 53.4 Å². The van der Waals surface area contributed by atoms with Gasteiger partial charge >= 0.3 is 0 Å². The number of nitrogens with one attached hydrogen (secondary N) is 1. The van der Waals surface area contributed by atoms with Crippen LogP contribution in [0.5, 0.6) is 5.75 Å². The summed E-state index contributed by atoms with van der Waals surface area (Å²) in [6.45, 7) is 3.60. The fourth-order valence-corrected chi connectivity index (χ4v) is 6.97. The molecule has 1 unspecified atom stereocenters. The van der Waals surface area contributed by atoms with Crippen LogP contribution >= 0.6 is 0 Å². The number of ether oxygens (including phenoxy) is 1. The van der Waals surface area contributed by atoms with Crippen molar-refractivity contribution in [2.24, 2.45) is 0 Å². The molecule has 0 bridgehead atoms. The summed E-state index contributed by atoms with van der Waals surface area (Å²) in [5.74, 6) is -0.0565. The van der Waals surface area contributed by atoms with Crippen LogP contribution in [0.2, 0.25) is 0 Å². The number of carbonyl (C=O) groups excluding carboxylic acids is 2. The second kappa shape index (κ2) is 15.0. The summed E-state index contributed by atoms with van der Waals surface area (Å²) >= 11 is 0. The number of amides is 2. The summed E-state index contributed by atoms with van der Waals surface area (Å²) in [5.41, 5.74) is 2.28. The maximum absolute atomic E-state index is 14.2. The number of hydrogen-bond acceptors (Lipinski definition) is 5. The summed E-state index contributed by atoms with van der Waals surface area (Å²) < 4.78 is 34.4. The molecule has 8 nitrogen and oxygen atoms in total. The van der Waals surface area contributed by atoms with Crippen LogP contribution in [0.15, 0.2) is 83.8 Å². The highest BCUT2D eigenvalue weighted by Gasteiger charge is 2.34. The predicted octanol–water partition coefficient (Wildman–Crippen LogP) is 5.50. The number of carbonyl (C=O) groups is 2. The lowest BCUT2D eigenvalue weighted by atomic mass is 9.95. The van der Waals surface area contributed by atoms with Gasteiger partial charge in [0.1, 0.15) is 18.3 Å². The highest BCUT2D eigenvalue weighted by molar-refractivity contribution is 7.92. The summed E-state index contributed by atoms with van der Waals surface area (Å²) in [5, 5.41) is 3.18. The molecule has 1 aliphatic carbocycles. The first-order valence-corrected chi connectivity index (χ1v) is 16.5. The molecular formula is C34H43N3O5S. The highest BCUT2D eigenvalue weighted by Crippen LogP contribution is 2.27. The molecule has 0 saturated heterocycles. The number of benzene rings is 3. The Hall–Kier alpha value is -3.85. The van der Waals surface area contributed by atoms with Crippen molar-refractivity contribution in [3.8, 4) is 5.75 Å². The van der Waals surface area contributed by atoms with E-state index in [2.05, 4.69) is 5.32 Å². The van der Waals surface area contributed by atoms with E-state index in [0.717, 1.165) is 41.1 Å².